The molecule has 0 nitrogen and oxygen atoms in total. The predicted molar refractivity (Wildman–Crippen MR) is 194 cm³/mol. The van der Waals surface area contributed by atoms with E-state index in [0.29, 0.717) is 0 Å². The Kier molecular flexibility index (Phi) is 5.53. The maximum Gasteiger partial charge on any atom is 0.0719 e. The molecule has 10 rings (SSSR count). The lowest BCUT2D eigenvalue weighted by molar-refractivity contribution is 0.776. The molecule has 46 heavy (non-hydrogen) atoms. The van der Waals surface area contributed by atoms with Gasteiger partial charge in [0.25, 0.3) is 0 Å². The molecule has 1 heteroatoms. The topological polar surface area (TPSA) is 0 Å². The molecule has 0 bridgehead atoms. The molecule has 0 saturated carbocycles. The molecule has 8 aromatic carbocycles. The lowest BCUT2D eigenvalue weighted by Crippen LogP contribution is -2.29. The summed E-state index contributed by atoms with van der Waals surface area (Å²) in [4.78, 5) is 2.66. The third-order valence-electron chi connectivity index (χ3n) is 10.1. The van der Waals surface area contributed by atoms with Gasteiger partial charge in [-0.05, 0) is 83.9 Å². The summed E-state index contributed by atoms with van der Waals surface area (Å²) < 4.78 is 0. The third kappa shape index (κ3) is 3.47. The molecular formula is C45H28S. The molecular weight excluding hydrogens is 573 g/mol. The molecule has 8 aromatic rings. The van der Waals surface area contributed by atoms with Crippen LogP contribution in [0.2, 0.25) is 0 Å². The average molecular weight is 601 g/mol. The van der Waals surface area contributed by atoms with Crippen molar-refractivity contribution in [1.82, 2.24) is 0 Å². The number of benzene rings is 8. The Hall–Kier alpha value is -5.37. The molecule has 1 unspecified atom stereocenters. The first-order chi connectivity index (χ1) is 22.8. The van der Waals surface area contributed by atoms with Crippen LogP contribution in [0, 0.1) is 0 Å². The molecule has 214 valence electrons. The monoisotopic (exact) mass is 600 g/mol. The summed E-state index contributed by atoms with van der Waals surface area (Å²) >= 11 is 1.91. The summed E-state index contributed by atoms with van der Waals surface area (Å²) in [5, 5.41) is 5.24. The number of rotatable bonds is 3. The first kappa shape index (κ1) is 25.9. The highest BCUT2D eigenvalue weighted by molar-refractivity contribution is 8.00. The van der Waals surface area contributed by atoms with Gasteiger partial charge in [-0.1, -0.05) is 169 Å². The van der Waals surface area contributed by atoms with E-state index in [-0.39, 0.29) is 0 Å². The summed E-state index contributed by atoms with van der Waals surface area (Å²) in [6.45, 7) is 0. The molecule has 1 aliphatic carbocycles. The Bertz CT molecular complexity index is 2500. The van der Waals surface area contributed by atoms with Gasteiger partial charge in [0.1, 0.15) is 0 Å². The molecule has 0 saturated heterocycles. The average Bonchev–Trinajstić information content (AvgIpc) is 3.44. The second kappa shape index (κ2) is 9.81. The van der Waals surface area contributed by atoms with Crippen LogP contribution >= 0.6 is 11.8 Å². The van der Waals surface area contributed by atoms with Gasteiger partial charge in [-0.25, -0.2) is 0 Å². The standard InChI is InChI=1S/C45H28S/c1-2-16-32(17-3-1)45(40-24-7-6-20-36(40)38-27-26-29-12-4-5-19-34(29)43(38)45)33-18-8-15-31(28-33)35-21-11-23-39-37-22-9-13-30-14-10-25-41(42(30)37)46-44(35)39/h1-28H. The van der Waals surface area contributed by atoms with Gasteiger partial charge < -0.3 is 0 Å². The van der Waals surface area contributed by atoms with Crippen molar-refractivity contribution >= 4 is 33.3 Å². The zero-order chi connectivity index (χ0) is 30.2. The molecule has 1 heterocycles. The van der Waals surface area contributed by atoms with E-state index >= 15 is 0 Å². The molecule has 0 spiro atoms. The highest BCUT2D eigenvalue weighted by Gasteiger charge is 2.47. The van der Waals surface area contributed by atoms with Gasteiger partial charge >= 0.3 is 0 Å². The normalized spacial score (nSPS) is 15.8. The second-order valence-corrected chi connectivity index (χ2v) is 13.4. The predicted octanol–water partition coefficient (Wildman–Crippen LogP) is 12.2. The molecule has 1 atom stereocenters. The van der Waals surface area contributed by atoms with E-state index in [0.717, 1.165) is 0 Å². The van der Waals surface area contributed by atoms with E-state index in [1.165, 1.54) is 87.0 Å². The highest BCUT2D eigenvalue weighted by atomic mass is 32.2. The van der Waals surface area contributed by atoms with Crippen molar-refractivity contribution in [1.29, 1.82) is 0 Å². The van der Waals surface area contributed by atoms with Gasteiger partial charge in [0.15, 0.2) is 0 Å². The molecule has 0 amide bonds. The van der Waals surface area contributed by atoms with E-state index < -0.39 is 5.41 Å². The smallest absolute Gasteiger partial charge is 0.0719 e. The van der Waals surface area contributed by atoms with Gasteiger partial charge in [-0.2, -0.15) is 0 Å². The Morgan fingerprint density at radius 2 is 1.09 bits per heavy atom. The largest absolute Gasteiger partial charge is 0.0881 e. The van der Waals surface area contributed by atoms with Crippen LogP contribution in [-0.2, 0) is 5.41 Å². The summed E-state index contributed by atoms with van der Waals surface area (Å²) in [7, 11) is 0. The van der Waals surface area contributed by atoms with Gasteiger partial charge in [0.2, 0.25) is 0 Å². The summed E-state index contributed by atoms with van der Waals surface area (Å²) in [5.74, 6) is 0. The molecule has 2 aliphatic rings. The summed E-state index contributed by atoms with van der Waals surface area (Å²) in [6.07, 6.45) is 0. The Morgan fingerprint density at radius 1 is 0.413 bits per heavy atom. The van der Waals surface area contributed by atoms with Crippen molar-refractivity contribution in [2.45, 2.75) is 15.2 Å². The van der Waals surface area contributed by atoms with Crippen molar-refractivity contribution < 1.29 is 0 Å². The zero-order valence-corrected chi connectivity index (χ0v) is 25.9. The van der Waals surface area contributed by atoms with Gasteiger partial charge in [0, 0.05) is 15.2 Å². The lowest BCUT2D eigenvalue weighted by atomic mass is 9.66. The van der Waals surface area contributed by atoms with Crippen LogP contribution in [0.15, 0.2) is 180 Å². The van der Waals surface area contributed by atoms with Crippen LogP contribution in [0.5, 0.6) is 0 Å². The lowest BCUT2D eigenvalue weighted by Gasteiger charge is -2.35. The van der Waals surface area contributed by atoms with Crippen molar-refractivity contribution in [2.24, 2.45) is 0 Å². The third-order valence-corrected chi connectivity index (χ3v) is 11.3. The molecule has 0 radical (unpaired) electrons. The van der Waals surface area contributed by atoms with Gasteiger partial charge in [0.05, 0.1) is 5.41 Å². The maximum absolute atomic E-state index is 2.47. The molecule has 1 aliphatic heterocycles. The Balaban J connectivity index is 1.27. The van der Waals surface area contributed by atoms with Crippen LogP contribution in [-0.4, -0.2) is 0 Å². The first-order valence-electron chi connectivity index (χ1n) is 15.9. The van der Waals surface area contributed by atoms with E-state index in [1.54, 1.807) is 0 Å². The molecule has 0 aromatic heterocycles. The van der Waals surface area contributed by atoms with Crippen LogP contribution in [0.3, 0.4) is 0 Å². The summed E-state index contributed by atoms with van der Waals surface area (Å²) in [6, 6.07) is 63.3. The second-order valence-electron chi connectivity index (χ2n) is 12.4. The zero-order valence-electron chi connectivity index (χ0n) is 25.1. The van der Waals surface area contributed by atoms with Crippen molar-refractivity contribution in [2.75, 3.05) is 0 Å². The van der Waals surface area contributed by atoms with E-state index in [1.807, 2.05) is 11.8 Å². The van der Waals surface area contributed by atoms with Crippen LogP contribution in [0.25, 0.3) is 54.9 Å². The van der Waals surface area contributed by atoms with Crippen LogP contribution in [0.1, 0.15) is 22.3 Å². The minimum atomic E-state index is -0.468. The quantitative estimate of drug-likeness (QED) is 0.194. The van der Waals surface area contributed by atoms with E-state index in [4.69, 9.17) is 0 Å². The minimum absolute atomic E-state index is 0.468. The van der Waals surface area contributed by atoms with Gasteiger partial charge in [-0.15, -0.1) is 0 Å². The fraction of sp³-hybridized carbons (Fsp3) is 0.0222. The Labute approximate surface area is 273 Å². The molecule has 0 fully saturated rings. The minimum Gasteiger partial charge on any atom is -0.0881 e. The van der Waals surface area contributed by atoms with Crippen LogP contribution < -0.4 is 0 Å². The molecule has 0 N–H and O–H groups in total. The number of hydrogen-bond acceptors (Lipinski definition) is 1. The fourth-order valence-electron chi connectivity index (χ4n) is 8.27. The highest BCUT2D eigenvalue weighted by Crippen LogP contribution is 2.59. The van der Waals surface area contributed by atoms with E-state index in [2.05, 4.69) is 170 Å². The fourth-order valence-corrected chi connectivity index (χ4v) is 9.55. The summed E-state index contributed by atoms with van der Waals surface area (Å²) in [5.41, 5.74) is 12.6. The SMILES string of the molecule is c1ccc(C2(c3cccc(-c4cccc5c4Sc4cccc6cccc-5c46)c3)c3ccccc3-c3ccc4ccccc4c32)cc1. The Morgan fingerprint density at radius 3 is 2.02 bits per heavy atom. The first-order valence-corrected chi connectivity index (χ1v) is 16.8. The van der Waals surface area contributed by atoms with Crippen molar-refractivity contribution in [3.8, 4) is 33.4 Å². The van der Waals surface area contributed by atoms with Crippen LogP contribution in [0.4, 0.5) is 0 Å². The number of hydrogen-bond donors (Lipinski definition) is 0. The van der Waals surface area contributed by atoms with Crippen molar-refractivity contribution in [3.05, 3.63) is 192 Å². The maximum atomic E-state index is 2.47. The van der Waals surface area contributed by atoms with Gasteiger partial charge in [-0.3, -0.25) is 0 Å². The number of fused-ring (bicyclic) bond motifs is 7. The van der Waals surface area contributed by atoms with Crippen molar-refractivity contribution in [3.63, 3.8) is 0 Å². The van der Waals surface area contributed by atoms with E-state index in [9.17, 15) is 0 Å².